The average molecular weight is 272 g/mol. The van der Waals surface area contributed by atoms with Crippen molar-refractivity contribution >= 4 is 0 Å². The quantitative estimate of drug-likeness (QED) is 0.610. The van der Waals surface area contributed by atoms with Crippen molar-refractivity contribution < 1.29 is 0 Å². The minimum Gasteiger partial charge on any atom is -0.271 e. The van der Waals surface area contributed by atoms with E-state index in [9.17, 15) is 0 Å². The van der Waals surface area contributed by atoms with Crippen LogP contribution in [0.2, 0.25) is 0 Å². The van der Waals surface area contributed by atoms with Crippen LogP contribution in [0.5, 0.6) is 0 Å². The number of benzene rings is 1. The average Bonchev–Trinajstić information content (AvgIpc) is 3.10. The summed E-state index contributed by atoms with van der Waals surface area (Å²) in [5.74, 6) is 9.38. The van der Waals surface area contributed by atoms with Crippen molar-refractivity contribution in [3.63, 3.8) is 0 Å². The molecule has 2 heteroatoms. The van der Waals surface area contributed by atoms with Gasteiger partial charge in [0.05, 0.1) is 0 Å². The lowest BCUT2D eigenvalue weighted by molar-refractivity contribution is 0.259. The van der Waals surface area contributed by atoms with Gasteiger partial charge in [-0.05, 0) is 55.4 Å². The molecule has 1 aromatic rings. The van der Waals surface area contributed by atoms with Crippen LogP contribution in [0.25, 0.3) is 0 Å². The summed E-state index contributed by atoms with van der Waals surface area (Å²) in [6, 6.07) is 11.3. The zero-order valence-electron chi connectivity index (χ0n) is 12.6. The maximum absolute atomic E-state index is 5.91. The number of nitrogens with one attached hydrogen (secondary N) is 1. The summed E-state index contributed by atoms with van der Waals surface area (Å²) in [5, 5.41) is 0. The molecule has 5 atom stereocenters. The topological polar surface area (TPSA) is 38.0 Å². The largest absolute Gasteiger partial charge is 0.271 e. The van der Waals surface area contributed by atoms with Gasteiger partial charge in [0.1, 0.15) is 0 Å². The summed E-state index contributed by atoms with van der Waals surface area (Å²) in [4.78, 5) is 0. The second kappa shape index (κ2) is 6.28. The van der Waals surface area contributed by atoms with Gasteiger partial charge >= 0.3 is 0 Å². The van der Waals surface area contributed by atoms with Gasteiger partial charge < -0.3 is 0 Å². The molecule has 0 heterocycles. The molecule has 0 aromatic heterocycles. The monoisotopic (exact) mass is 272 g/mol. The van der Waals surface area contributed by atoms with Crippen LogP contribution in [0.1, 0.15) is 56.9 Å². The Bertz CT molecular complexity index is 417. The molecule has 1 aromatic carbocycles. The zero-order valence-corrected chi connectivity index (χ0v) is 12.6. The van der Waals surface area contributed by atoms with Crippen molar-refractivity contribution in [2.75, 3.05) is 0 Å². The Labute approximate surface area is 123 Å². The smallest absolute Gasteiger partial charge is 0.0281 e. The normalized spacial score (nSPS) is 31.4. The highest BCUT2D eigenvalue weighted by Crippen LogP contribution is 2.50. The summed E-state index contributed by atoms with van der Waals surface area (Å²) in [6.07, 6.45) is 8.30. The third-order valence-corrected chi connectivity index (χ3v) is 5.81. The Balaban J connectivity index is 1.68. The fourth-order valence-corrected chi connectivity index (χ4v) is 4.79. The van der Waals surface area contributed by atoms with E-state index in [4.69, 9.17) is 5.84 Å². The fraction of sp³-hybridized carbons (Fsp3) is 0.667. The molecule has 2 saturated carbocycles. The highest BCUT2D eigenvalue weighted by atomic mass is 15.2. The number of rotatable bonds is 6. The second-order valence-corrected chi connectivity index (χ2v) is 6.87. The summed E-state index contributed by atoms with van der Waals surface area (Å²) >= 11 is 0. The minimum atomic E-state index is 0.423. The molecule has 0 saturated heterocycles. The zero-order chi connectivity index (χ0) is 13.9. The van der Waals surface area contributed by atoms with Crippen LogP contribution in [-0.4, -0.2) is 6.04 Å². The molecule has 0 spiro atoms. The Hall–Kier alpha value is -0.860. The molecule has 2 aliphatic rings. The first-order chi connectivity index (χ1) is 9.81. The molecular weight excluding hydrogens is 244 g/mol. The van der Waals surface area contributed by atoms with Crippen molar-refractivity contribution in [1.29, 1.82) is 0 Å². The molecule has 110 valence electrons. The lowest BCUT2D eigenvalue weighted by Gasteiger charge is -2.31. The SMILES string of the molecule is CCC(c1ccccc1)C(CC1CC2CCC1C2)NN. The molecule has 0 amide bonds. The number of hydrazine groups is 1. The third-order valence-electron chi connectivity index (χ3n) is 5.81. The molecular formula is C18H28N2. The minimum absolute atomic E-state index is 0.423. The van der Waals surface area contributed by atoms with E-state index in [1.54, 1.807) is 0 Å². The van der Waals surface area contributed by atoms with Crippen LogP contribution < -0.4 is 11.3 Å². The third kappa shape index (κ3) is 2.77. The van der Waals surface area contributed by atoms with Gasteiger partial charge in [-0.2, -0.15) is 0 Å². The van der Waals surface area contributed by atoms with E-state index in [-0.39, 0.29) is 0 Å². The second-order valence-electron chi connectivity index (χ2n) is 6.87. The van der Waals surface area contributed by atoms with Gasteiger partial charge in [0.25, 0.3) is 0 Å². The van der Waals surface area contributed by atoms with Gasteiger partial charge in [0, 0.05) is 12.0 Å². The predicted octanol–water partition coefficient (Wildman–Crippen LogP) is 3.84. The van der Waals surface area contributed by atoms with Crippen molar-refractivity contribution in [3.8, 4) is 0 Å². The molecule has 0 aliphatic heterocycles. The Kier molecular flexibility index (Phi) is 4.42. The number of nitrogens with two attached hydrogens (primary N) is 1. The van der Waals surface area contributed by atoms with E-state index in [1.807, 2.05) is 0 Å². The van der Waals surface area contributed by atoms with E-state index in [2.05, 4.69) is 42.7 Å². The van der Waals surface area contributed by atoms with Gasteiger partial charge in [-0.25, -0.2) is 0 Å². The van der Waals surface area contributed by atoms with Crippen LogP contribution in [0.3, 0.4) is 0 Å². The van der Waals surface area contributed by atoms with E-state index in [0.29, 0.717) is 12.0 Å². The van der Waals surface area contributed by atoms with E-state index >= 15 is 0 Å². The molecule has 3 N–H and O–H groups in total. The number of hydrogen-bond donors (Lipinski definition) is 2. The summed E-state index contributed by atoms with van der Waals surface area (Å²) in [6.45, 7) is 2.28. The summed E-state index contributed by atoms with van der Waals surface area (Å²) in [7, 11) is 0. The molecule has 5 unspecified atom stereocenters. The highest BCUT2D eigenvalue weighted by molar-refractivity contribution is 5.21. The first-order valence-corrected chi connectivity index (χ1v) is 8.32. The highest BCUT2D eigenvalue weighted by Gasteiger charge is 2.40. The van der Waals surface area contributed by atoms with Gasteiger partial charge in [-0.3, -0.25) is 11.3 Å². The van der Waals surface area contributed by atoms with Crippen LogP contribution in [0, 0.1) is 17.8 Å². The van der Waals surface area contributed by atoms with E-state index in [1.165, 1.54) is 37.7 Å². The van der Waals surface area contributed by atoms with Crippen molar-refractivity contribution in [2.45, 2.75) is 57.4 Å². The molecule has 2 nitrogen and oxygen atoms in total. The van der Waals surface area contributed by atoms with E-state index < -0.39 is 0 Å². The fourth-order valence-electron chi connectivity index (χ4n) is 4.79. The first-order valence-electron chi connectivity index (χ1n) is 8.32. The lowest BCUT2D eigenvalue weighted by atomic mass is 9.79. The van der Waals surface area contributed by atoms with Crippen molar-refractivity contribution in [1.82, 2.24) is 5.43 Å². The lowest BCUT2D eigenvalue weighted by Crippen LogP contribution is -2.41. The molecule has 20 heavy (non-hydrogen) atoms. The van der Waals surface area contributed by atoms with Gasteiger partial charge in [-0.15, -0.1) is 0 Å². The van der Waals surface area contributed by atoms with Gasteiger partial charge in [-0.1, -0.05) is 43.7 Å². The molecule has 2 bridgehead atoms. The van der Waals surface area contributed by atoms with Crippen LogP contribution >= 0.6 is 0 Å². The Morgan fingerprint density at radius 2 is 2.00 bits per heavy atom. The predicted molar refractivity (Wildman–Crippen MR) is 84.1 cm³/mol. The summed E-state index contributed by atoms with van der Waals surface area (Å²) in [5.41, 5.74) is 4.57. The summed E-state index contributed by atoms with van der Waals surface area (Å²) < 4.78 is 0. The molecule has 0 radical (unpaired) electrons. The van der Waals surface area contributed by atoms with Crippen LogP contribution in [0.4, 0.5) is 0 Å². The van der Waals surface area contributed by atoms with Crippen molar-refractivity contribution in [2.24, 2.45) is 23.6 Å². The van der Waals surface area contributed by atoms with Crippen LogP contribution in [0.15, 0.2) is 30.3 Å². The van der Waals surface area contributed by atoms with Gasteiger partial charge in [0.15, 0.2) is 0 Å². The molecule has 2 fully saturated rings. The number of hydrogen-bond acceptors (Lipinski definition) is 2. The standard InChI is InChI=1S/C18H28N2/c1-2-17(14-6-4-3-5-7-14)18(20-19)12-16-11-13-8-9-15(16)10-13/h3-7,13,15-18,20H,2,8-12,19H2,1H3. The van der Waals surface area contributed by atoms with Crippen molar-refractivity contribution in [3.05, 3.63) is 35.9 Å². The Morgan fingerprint density at radius 1 is 1.20 bits per heavy atom. The van der Waals surface area contributed by atoms with E-state index in [0.717, 1.165) is 24.2 Å². The molecule has 3 rings (SSSR count). The Morgan fingerprint density at radius 3 is 2.55 bits per heavy atom. The first kappa shape index (κ1) is 14.1. The van der Waals surface area contributed by atoms with Gasteiger partial charge in [0.2, 0.25) is 0 Å². The molecule has 2 aliphatic carbocycles. The maximum atomic E-state index is 5.91. The van der Waals surface area contributed by atoms with Crippen LogP contribution in [-0.2, 0) is 0 Å². The number of fused-ring (bicyclic) bond motifs is 2. The maximum Gasteiger partial charge on any atom is 0.0281 e.